The molecule has 2 aliphatic carbocycles. The van der Waals surface area contributed by atoms with Gasteiger partial charge in [0.05, 0.1) is 16.7 Å². The Balaban J connectivity index is 1.35. The molecule has 1 aromatic rings. The van der Waals surface area contributed by atoms with E-state index in [-0.39, 0.29) is 53.5 Å². The zero-order valence-corrected chi connectivity index (χ0v) is 16.9. The topological polar surface area (TPSA) is 113 Å². The number of anilines is 1. The monoisotopic (exact) mass is 419 g/mol. The molecule has 2 N–H and O–H groups in total. The van der Waals surface area contributed by atoms with Crippen LogP contribution in [0.25, 0.3) is 0 Å². The van der Waals surface area contributed by atoms with Gasteiger partial charge in [0.1, 0.15) is 0 Å². The number of carbonyl (C=O) groups is 3. The SMILES string of the molecule is O=C(CCN1C(=O)C2CCCCC2C1=O)Nc1cccc(S(=O)(=O)NC2CC2)c1. The number of hydrogen-bond acceptors (Lipinski definition) is 5. The first-order chi connectivity index (χ1) is 13.8. The lowest BCUT2D eigenvalue weighted by Gasteiger charge is -2.19. The molecule has 1 aliphatic heterocycles. The highest BCUT2D eigenvalue weighted by Gasteiger charge is 2.47. The molecule has 8 nitrogen and oxygen atoms in total. The molecule has 3 amide bonds. The summed E-state index contributed by atoms with van der Waals surface area (Å²) in [6.07, 6.45) is 5.07. The summed E-state index contributed by atoms with van der Waals surface area (Å²) in [6.45, 7) is 0.0533. The number of imide groups is 1. The molecule has 0 bridgehead atoms. The second kappa shape index (κ2) is 7.87. The number of sulfonamides is 1. The first kappa shape index (κ1) is 20.0. The van der Waals surface area contributed by atoms with Gasteiger partial charge in [-0.2, -0.15) is 0 Å². The minimum atomic E-state index is -3.61. The zero-order chi connectivity index (χ0) is 20.6. The Bertz CT molecular complexity index is 917. The lowest BCUT2D eigenvalue weighted by Crippen LogP contribution is -2.34. The van der Waals surface area contributed by atoms with Crippen LogP contribution >= 0.6 is 0 Å². The van der Waals surface area contributed by atoms with Crippen molar-refractivity contribution < 1.29 is 22.8 Å². The number of hydrogen-bond donors (Lipinski definition) is 2. The molecule has 29 heavy (non-hydrogen) atoms. The van der Waals surface area contributed by atoms with Crippen LogP contribution in [0.1, 0.15) is 44.9 Å². The van der Waals surface area contributed by atoms with Crippen LogP contribution in [-0.4, -0.2) is 43.6 Å². The molecule has 3 fully saturated rings. The lowest BCUT2D eigenvalue weighted by atomic mass is 9.81. The third-order valence-electron chi connectivity index (χ3n) is 5.82. The smallest absolute Gasteiger partial charge is 0.240 e. The van der Waals surface area contributed by atoms with E-state index in [2.05, 4.69) is 10.0 Å². The maximum Gasteiger partial charge on any atom is 0.240 e. The molecule has 2 unspecified atom stereocenters. The molecule has 1 saturated heterocycles. The van der Waals surface area contributed by atoms with Crippen LogP contribution in [-0.2, 0) is 24.4 Å². The highest BCUT2D eigenvalue weighted by Crippen LogP contribution is 2.38. The Morgan fingerprint density at radius 1 is 1.03 bits per heavy atom. The normalized spacial score (nSPS) is 24.5. The van der Waals surface area contributed by atoms with E-state index in [9.17, 15) is 22.8 Å². The zero-order valence-electron chi connectivity index (χ0n) is 16.1. The number of rotatable bonds is 7. The molecular formula is C20H25N3O5S. The van der Waals surface area contributed by atoms with Gasteiger partial charge in [-0.1, -0.05) is 18.9 Å². The summed E-state index contributed by atoms with van der Waals surface area (Å²) in [5, 5.41) is 2.66. The van der Waals surface area contributed by atoms with Gasteiger partial charge in [0.15, 0.2) is 0 Å². The summed E-state index contributed by atoms with van der Waals surface area (Å²) in [5.74, 6) is -1.14. The van der Waals surface area contributed by atoms with Crippen molar-refractivity contribution in [3.8, 4) is 0 Å². The van der Waals surface area contributed by atoms with E-state index in [0.717, 1.165) is 38.5 Å². The second-order valence-electron chi connectivity index (χ2n) is 8.05. The molecule has 9 heteroatoms. The van der Waals surface area contributed by atoms with Gasteiger partial charge in [0.25, 0.3) is 0 Å². The maximum atomic E-state index is 12.5. The van der Waals surface area contributed by atoms with Gasteiger partial charge in [-0.3, -0.25) is 19.3 Å². The Hall–Kier alpha value is -2.26. The maximum absolute atomic E-state index is 12.5. The van der Waals surface area contributed by atoms with E-state index in [0.29, 0.717) is 5.69 Å². The second-order valence-corrected chi connectivity index (χ2v) is 9.76. The minimum Gasteiger partial charge on any atom is -0.326 e. The quantitative estimate of drug-likeness (QED) is 0.653. The summed E-state index contributed by atoms with van der Waals surface area (Å²) in [7, 11) is -3.61. The van der Waals surface area contributed by atoms with Crippen molar-refractivity contribution >= 4 is 33.4 Å². The Labute approximate surface area is 170 Å². The van der Waals surface area contributed by atoms with Gasteiger partial charge in [0, 0.05) is 24.7 Å². The fourth-order valence-corrected chi connectivity index (χ4v) is 5.47. The van der Waals surface area contributed by atoms with Crippen molar-refractivity contribution in [3.05, 3.63) is 24.3 Å². The third kappa shape index (κ3) is 4.35. The first-order valence-electron chi connectivity index (χ1n) is 10.1. The number of amides is 3. The lowest BCUT2D eigenvalue weighted by molar-refractivity contribution is -0.140. The standard InChI is InChI=1S/C20H25N3O5S/c24-18(10-11-23-19(25)16-6-1-2-7-17(16)20(23)26)21-14-4-3-5-15(12-14)29(27,28)22-13-8-9-13/h3-5,12-13,16-17,22H,1-2,6-11H2,(H,21,24). The van der Waals surface area contributed by atoms with Gasteiger partial charge < -0.3 is 5.32 Å². The fourth-order valence-electron chi connectivity index (χ4n) is 4.12. The van der Waals surface area contributed by atoms with Crippen LogP contribution in [0.15, 0.2) is 29.2 Å². The van der Waals surface area contributed by atoms with Crippen LogP contribution in [0.2, 0.25) is 0 Å². The average Bonchev–Trinajstić information content (AvgIpc) is 3.47. The van der Waals surface area contributed by atoms with Crippen molar-refractivity contribution in [2.24, 2.45) is 11.8 Å². The number of nitrogens with zero attached hydrogens (tertiary/aromatic N) is 1. The predicted molar refractivity (Wildman–Crippen MR) is 105 cm³/mol. The molecule has 0 radical (unpaired) electrons. The van der Waals surface area contributed by atoms with E-state index in [4.69, 9.17) is 0 Å². The number of nitrogens with one attached hydrogen (secondary N) is 2. The van der Waals surface area contributed by atoms with E-state index in [1.807, 2.05) is 0 Å². The van der Waals surface area contributed by atoms with Crippen LogP contribution in [0.5, 0.6) is 0 Å². The summed E-state index contributed by atoms with van der Waals surface area (Å²) in [5.41, 5.74) is 0.362. The summed E-state index contributed by atoms with van der Waals surface area (Å²) in [4.78, 5) is 38.6. The fraction of sp³-hybridized carbons (Fsp3) is 0.550. The predicted octanol–water partition coefficient (Wildman–Crippen LogP) is 1.63. The van der Waals surface area contributed by atoms with Gasteiger partial charge >= 0.3 is 0 Å². The van der Waals surface area contributed by atoms with Crippen molar-refractivity contribution in [2.75, 3.05) is 11.9 Å². The van der Waals surface area contributed by atoms with E-state index >= 15 is 0 Å². The van der Waals surface area contributed by atoms with Crippen molar-refractivity contribution in [2.45, 2.75) is 55.9 Å². The summed E-state index contributed by atoms with van der Waals surface area (Å²) >= 11 is 0. The molecular weight excluding hydrogens is 394 g/mol. The molecule has 1 aromatic carbocycles. The highest BCUT2D eigenvalue weighted by molar-refractivity contribution is 7.89. The van der Waals surface area contributed by atoms with Crippen LogP contribution in [0.3, 0.4) is 0 Å². The van der Waals surface area contributed by atoms with Crippen molar-refractivity contribution in [1.29, 1.82) is 0 Å². The molecule has 3 aliphatic rings. The minimum absolute atomic E-state index is 0.00234. The number of benzene rings is 1. The van der Waals surface area contributed by atoms with E-state index < -0.39 is 10.0 Å². The Kier molecular flexibility index (Phi) is 5.44. The summed E-state index contributed by atoms with van der Waals surface area (Å²) in [6, 6.07) is 6.05. The molecule has 4 rings (SSSR count). The first-order valence-corrected chi connectivity index (χ1v) is 11.6. The van der Waals surface area contributed by atoms with Crippen LogP contribution < -0.4 is 10.0 Å². The van der Waals surface area contributed by atoms with Gasteiger partial charge in [-0.05, 0) is 43.9 Å². The van der Waals surface area contributed by atoms with Crippen molar-refractivity contribution in [3.63, 3.8) is 0 Å². The van der Waals surface area contributed by atoms with E-state index in [1.165, 1.54) is 17.0 Å². The van der Waals surface area contributed by atoms with Gasteiger partial charge in [-0.15, -0.1) is 0 Å². The molecule has 0 aromatic heterocycles. The van der Waals surface area contributed by atoms with Crippen LogP contribution in [0.4, 0.5) is 5.69 Å². The number of carbonyl (C=O) groups excluding carboxylic acids is 3. The van der Waals surface area contributed by atoms with Crippen molar-refractivity contribution in [1.82, 2.24) is 9.62 Å². The third-order valence-corrected chi connectivity index (χ3v) is 7.34. The number of likely N-dealkylation sites (tertiary alicyclic amines) is 1. The molecule has 156 valence electrons. The average molecular weight is 420 g/mol. The molecule has 2 atom stereocenters. The molecule has 2 saturated carbocycles. The van der Waals surface area contributed by atoms with Crippen LogP contribution in [0, 0.1) is 11.8 Å². The molecule has 0 spiro atoms. The van der Waals surface area contributed by atoms with Gasteiger partial charge in [-0.25, -0.2) is 13.1 Å². The molecule has 1 heterocycles. The van der Waals surface area contributed by atoms with E-state index in [1.54, 1.807) is 12.1 Å². The Morgan fingerprint density at radius 2 is 1.69 bits per heavy atom. The Morgan fingerprint density at radius 3 is 2.31 bits per heavy atom. The van der Waals surface area contributed by atoms with Gasteiger partial charge in [0.2, 0.25) is 27.7 Å². The number of fused-ring (bicyclic) bond motifs is 1. The highest BCUT2D eigenvalue weighted by atomic mass is 32.2. The largest absolute Gasteiger partial charge is 0.326 e. The summed E-state index contributed by atoms with van der Waals surface area (Å²) < 4.78 is 27.2.